The van der Waals surface area contributed by atoms with Gasteiger partial charge in [0, 0.05) is 36.1 Å². The van der Waals surface area contributed by atoms with Gasteiger partial charge in [-0.15, -0.1) is 0 Å². The number of amides is 1. The number of hydrogen-bond acceptors (Lipinski definition) is 5. The van der Waals surface area contributed by atoms with E-state index in [1.54, 1.807) is 7.11 Å². The molecule has 1 aliphatic carbocycles. The highest BCUT2D eigenvalue weighted by Crippen LogP contribution is 2.31. The fourth-order valence-corrected chi connectivity index (χ4v) is 3.98. The highest BCUT2D eigenvalue weighted by molar-refractivity contribution is 5.93. The number of para-hydroxylation sites is 1. The zero-order valence-electron chi connectivity index (χ0n) is 17.5. The molecule has 0 saturated heterocycles. The van der Waals surface area contributed by atoms with E-state index in [0.29, 0.717) is 18.8 Å². The molecule has 4 rings (SSSR count). The van der Waals surface area contributed by atoms with Crippen LogP contribution in [0.15, 0.2) is 60.8 Å². The van der Waals surface area contributed by atoms with Crippen molar-refractivity contribution in [3.05, 3.63) is 83.0 Å². The van der Waals surface area contributed by atoms with Crippen LogP contribution in [0, 0.1) is 11.3 Å². The summed E-state index contributed by atoms with van der Waals surface area (Å²) in [6, 6.07) is 17.4. The Kier molecular flexibility index (Phi) is 6.26. The van der Waals surface area contributed by atoms with Gasteiger partial charge >= 0.3 is 0 Å². The lowest BCUT2D eigenvalue weighted by Crippen LogP contribution is -2.29. The number of nitrogens with zero attached hydrogens (tertiary/aromatic N) is 1. The number of carbonyl (C=O) groups is 1. The Morgan fingerprint density at radius 3 is 2.68 bits per heavy atom. The van der Waals surface area contributed by atoms with Crippen molar-refractivity contribution in [2.75, 3.05) is 17.7 Å². The predicted molar refractivity (Wildman–Crippen MR) is 123 cm³/mol. The van der Waals surface area contributed by atoms with Gasteiger partial charge in [-0.25, -0.2) is 4.98 Å². The zero-order valence-corrected chi connectivity index (χ0v) is 17.5. The van der Waals surface area contributed by atoms with Gasteiger partial charge in [0.05, 0.1) is 7.11 Å². The summed E-state index contributed by atoms with van der Waals surface area (Å²) in [7, 11) is 1.65. The standard InChI is InChI=1S/C25H26N4O2/c1-31-21-10-7-17(8-11-21)15-27-24-23(14-26)22-12-9-18(13-19(22)16-28-24)25(30)29-20-5-3-2-4-6-20/h2-8,10-11,14,16,18,26H,9,12-13,15H2,1H3,(H,27,28)(H,29,30). The van der Waals surface area contributed by atoms with Crippen molar-refractivity contribution < 1.29 is 9.53 Å². The molecule has 3 N–H and O–H groups in total. The van der Waals surface area contributed by atoms with E-state index in [2.05, 4.69) is 15.6 Å². The van der Waals surface area contributed by atoms with Gasteiger partial charge in [0.1, 0.15) is 11.6 Å². The van der Waals surface area contributed by atoms with Crippen molar-refractivity contribution in [3.63, 3.8) is 0 Å². The van der Waals surface area contributed by atoms with Crippen LogP contribution in [-0.2, 0) is 24.2 Å². The van der Waals surface area contributed by atoms with Gasteiger partial charge in [0.15, 0.2) is 0 Å². The first-order valence-electron chi connectivity index (χ1n) is 10.4. The first-order chi connectivity index (χ1) is 15.2. The normalized spacial score (nSPS) is 14.9. The summed E-state index contributed by atoms with van der Waals surface area (Å²) in [6.45, 7) is 0.610. The summed E-state index contributed by atoms with van der Waals surface area (Å²) in [5.74, 6) is 1.47. The molecule has 158 valence electrons. The van der Waals surface area contributed by atoms with Gasteiger partial charge in [-0.1, -0.05) is 30.3 Å². The summed E-state index contributed by atoms with van der Waals surface area (Å²) in [5.41, 5.74) is 4.90. The highest BCUT2D eigenvalue weighted by Gasteiger charge is 2.27. The van der Waals surface area contributed by atoms with Crippen molar-refractivity contribution in [1.82, 2.24) is 4.98 Å². The second-order valence-electron chi connectivity index (χ2n) is 7.67. The van der Waals surface area contributed by atoms with Crippen molar-refractivity contribution in [3.8, 4) is 5.75 Å². The number of hydrogen-bond donors (Lipinski definition) is 3. The van der Waals surface area contributed by atoms with Gasteiger partial charge in [0.2, 0.25) is 5.91 Å². The number of rotatable bonds is 7. The third-order valence-electron chi connectivity index (χ3n) is 5.70. The molecule has 31 heavy (non-hydrogen) atoms. The van der Waals surface area contributed by atoms with E-state index >= 15 is 0 Å². The van der Waals surface area contributed by atoms with Gasteiger partial charge in [-0.05, 0) is 60.2 Å². The summed E-state index contributed by atoms with van der Waals surface area (Å²) in [5, 5.41) is 14.3. The average molecular weight is 415 g/mol. The van der Waals surface area contributed by atoms with Crippen molar-refractivity contribution >= 4 is 23.6 Å². The minimum absolute atomic E-state index is 0.0370. The molecule has 1 aromatic heterocycles. The van der Waals surface area contributed by atoms with Crippen LogP contribution in [0.3, 0.4) is 0 Å². The van der Waals surface area contributed by atoms with Gasteiger partial charge in [-0.3, -0.25) is 4.79 Å². The fourth-order valence-electron chi connectivity index (χ4n) is 3.98. The van der Waals surface area contributed by atoms with Gasteiger partial charge in [-0.2, -0.15) is 0 Å². The molecule has 2 aromatic carbocycles. The lowest BCUT2D eigenvalue weighted by Gasteiger charge is -2.26. The number of carbonyl (C=O) groups excluding carboxylic acids is 1. The molecule has 6 nitrogen and oxygen atoms in total. The van der Waals surface area contributed by atoms with Crippen LogP contribution < -0.4 is 15.4 Å². The first kappa shape index (κ1) is 20.6. The number of fused-ring (bicyclic) bond motifs is 1. The van der Waals surface area contributed by atoms with E-state index < -0.39 is 0 Å². The molecular weight excluding hydrogens is 388 g/mol. The predicted octanol–water partition coefficient (Wildman–Crippen LogP) is 4.44. The maximum atomic E-state index is 12.7. The molecule has 1 unspecified atom stereocenters. The number of nitrogens with one attached hydrogen (secondary N) is 3. The Morgan fingerprint density at radius 1 is 1.19 bits per heavy atom. The second-order valence-corrected chi connectivity index (χ2v) is 7.67. The minimum Gasteiger partial charge on any atom is -0.497 e. The topological polar surface area (TPSA) is 87.1 Å². The Morgan fingerprint density at radius 2 is 1.97 bits per heavy atom. The van der Waals surface area contributed by atoms with E-state index in [4.69, 9.17) is 10.1 Å². The summed E-state index contributed by atoms with van der Waals surface area (Å²) in [4.78, 5) is 17.3. The molecule has 0 aliphatic heterocycles. The van der Waals surface area contributed by atoms with Crippen molar-refractivity contribution in [1.29, 1.82) is 5.41 Å². The summed E-state index contributed by atoms with van der Waals surface area (Å²) < 4.78 is 5.20. The third-order valence-corrected chi connectivity index (χ3v) is 5.70. The van der Waals surface area contributed by atoms with E-state index in [1.165, 1.54) is 6.21 Å². The van der Waals surface area contributed by atoms with Gasteiger partial charge < -0.3 is 20.8 Å². The van der Waals surface area contributed by atoms with Crippen LogP contribution in [0.25, 0.3) is 0 Å². The lowest BCUT2D eigenvalue weighted by atomic mass is 9.82. The Balaban J connectivity index is 1.45. The molecule has 0 saturated carbocycles. The highest BCUT2D eigenvalue weighted by atomic mass is 16.5. The maximum absolute atomic E-state index is 12.7. The molecular formula is C25H26N4O2. The van der Waals surface area contributed by atoms with E-state index in [-0.39, 0.29) is 11.8 Å². The van der Waals surface area contributed by atoms with E-state index in [1.807, 2.05) is 60.8 Å². The molecule has 0 radical (unpaired) electrons. The molecule has 6 heteroatoms. The zero-order chi connectivity index (χ0) is 21.6. The monoisotopic (exact) mass is 414 g/mol. The molecule has 0 bridgehead atoms. The number of pyridine rings is 1. The molecule has 0 spiro atoms. The van der Waals surface area contributed by atoms with Crippen molar-refractivity contribution in [2.45, 2.75) is 25.8 Å². The maximum Gasteiger partial charge on any atom is 0.227 e. The number of methoxy groups -OCH3 is 1. The number of aromatic nitrogens is 1. The molecule has 1 atom stereocenters. The van der Waals surface area contributed by atoms with E-state index in [0.717, 1.165) is 46.5 Å². The van der Waals surface area contributed by atoms with Crippen LogP contribution in [0.2, 0.25) is 0 Å². The van der Waals surface area contributed by atoms with Crippen LogP contribution in [-0.4, -0.2) is 24.2 Å². The molecule has 1 amide bonds. The van der Waals surface area contributed by atoms with Crippen molar-refractivity contribution in [2.24, 2.45) is 5.92 Å². The average Bonchev–Trinajstić information content (AvgIpc) is 2.82. The fraction of sp³-hybridized carbons (Fsp3) is 0.240. The molecule has 1 heterocycles. The van der Waals surface area contributed by atoms with Crippen LogP contribution in [0.1, 0.15) is 28.7 Å². The number of anilines is 2. The smallest absolute Gasteiger partial charge is 0.227 e. The molecule has 3 aromatic rings. The summed E-state index contributed by atoms with van der Waals surface area (Å²) >= 11 is 0. The SMILES string of the molecule is COc1ccc(CNc2ncc3c(c2C=N)CCC(C(=O)Nc2ccccc2)C3)cc1. The first-order valence-corrected chi connectivity index (χ1v) is 10.4. The number of benzene rings is 2. The van der Waals surface area contributed by atoms with Crippen LogP contribution in [0.5, 0.6) is 5.75 Å². The van der Waals surface area contributed by atoms with Crippen LogP contribution in [0.4, 0.5) is 11.5 Å². The van der Waals surface area contributed by atoms with Crippen LogP contribution >= 0.6 is 0 Å². The Hall–Kier alpha value is -3.67. The second kappa shape index (κ2) is 9.43. The summed E-state index contributed by atoms with van der Waals surface area (Å²) in [6.07, 6.45) is 5.37. The number of ether oxygens (including phenoxy) is 1. The lowest BCUT2D eigenvalue weighted by molar-refractivity contribution is -0.120. The quantitative estimate of drug-likeness (QED) is 0.499. The minimum atomic E-state index is -0.0915. The molecule has 1 aliphatic rings. The third kappa shape index (κ3) is 4.74. The van der Waals surface area contributed by atoms with Gasteiger partial charge in [0.25, 0.3) is 0 Å². The molecule has 0 fully saturated rings. The Bertz CT molecular complexity index is 1060. The van der Waals surface area contributed by atoms with E-state index in [9.17, 15) is 4.79 Å². The Labute approximate surface area is 182 Å². The largest absolute Gasteiger partial charge is 0.497 e.